The summed E-state index contributed by atoms with van der Waals surface area (Å²) in [4.78, 5) is 16.8. The molecular weight excluding hydrogens is 295 g/mol. The van der Waals surface area contributed by atoms with Gasteiger partial charge < -0.3 is 10.4 Å². The smallest absolute Gasteiger partial charge is 0.252 e. The number of hydrogen-bond acceptors (Lipinski definition) is 3. The van der Waals surface area contributed by atoms with E-state index in [2.05, 4.69) is 17.2 Å². The molecule has 0 saturated carbocycles. The Labute approximate surface area is 135 Å². The predicted octanol–water partition coefficient (Wildman–Crippen LogP) is 3.21. The van der Waals surface area contributed by atoms with Crippen molar-refractivity contribution >= 4 is 16.8 Å². The van der Waals surface area contributed by atoms with Crippen LogP contribution >= 0.6 is 0 Å². The Hall–Kier alpha value is -2.01. The Morgan fingerprint density at radius 2 is 2.13 bits per heavy atom. The van der Waals surface area contributed by atoms with E-state index >= 15 is 0 Å². The van der Waals surface area contributed by atoms with Crippen molar-refractivity contribution in [2.75, 3.05) is 13.2 Å². The summed E-state index contributed by atoms with van der Waals surface area (Å²) in [7, 11) is 0. The lowest BCUT2D eigenvalue weighted by atomic mass is 10.00. The van der Waals surface area contributed by atoms with E-state index in [0.717, 1.165) is 12.8 Å². The van der Waals surface area contributed by atoms with Crippen molar-refractivity contribution in [2.45, 2.75) is 33.1 Å². The average molecular weight is 318 g/mol. The van der Waals surface area contributed by atoms with Crippen molar-refractivity contribution in [3.8, 4) is 0 Å². The highest BCUT2D eigenvalue weighted by molar-refractivity contribution is 6.06. The highest BCUT2D eigenvalue weighted by Crippen LogP contribution is 2.20. The molecule has 1 heterocycles. The van der Waals surface area contributed by atoms with Crippen molar-refractivity contribution in [3.05, 3.63) is 41.3 Å². The third-order valence-electron chi connectivity index (χ3n) is 3.93. The Morgan fingerprint density at radius 1 is 1.35 bits per heavy atom. The molecule has 4 nitrogen and oxygen atoms in total. The van der Waals surface area contributed by atoms with E-state index in [9.17, 15) is 9.18 Å². The summed E-state index contributed by atoms with van der Waals surface area (Å²) in [5.41, 5.74) is 1.66. The highest BCUT2D eigenvalue weighted by Gasteiger charge is 2.14. The van der Waals surface area contributed by atoms with E-state index in [-0.39, 0.29) is 24.2 Å². The average Bonchev–Trinajstić information content (AvgIpc) is 2.51. The summed E-state index contributed by atoms with van der Waals surface area (Å²) in [6.45, 7) is 4.52. The molecule has 23 heavy (non-hydrogen) atoms. The summed E-state index contributed by atoms with van der Waals surface area (Å²) in [5.74, 6) is -0.292. The summed E-state index contributed by atoms with van der Waals surface area (Å²) in [6.07, 6.45) is 2.65. The Bertz CT molecular complexity index is 677. The maximum atomic E-state index is 13.4. The molecule has 2 N–H and O–H groups in total. The number of nitrogens with zero attached hydrogens (tertiary/aromatic N) is 1. The van der Waals surface area contributed by atoms with Crippen LogP contribution in [0.4, 0.5) is 4.39 Å². The number of aryl methyl sites for hydroxylation is 1. The second kappa shape index (κ2) is 8.02. The first kappa shape index (κ1) is 17.3. The van der Waals surface area contributed by atoms with Crippen molar-refractivity contribution in [2.24, 2.45) is 5.92 Å². The standard InChI is InChI=1S/C18H23FN2O2/c1-3-4-13(7-8-22)11-20-18(23)16-9-12(2)21-17-10-14(19)5-6-15(16)17/h5-6,9-10,13,22H,3-4,7-8,11H2,1-2H3,(H,20,23). The van der Waals surface area contributed by atoms with Crippen LogP contribution in [0.2, 0.25) is 0 Å². The van der Waals surface area contributed by atoms with Crippen molar-refractivity contribution in [1.29, 1.82) is 0 Å². The number of hydrogen-bond donors (Lipinski definition) is 2. The molecule has 0 spiro atoms. The van der Waals surface area contributed by atoms with Gasteiger partial charge in [0, 0.05) is 30.3 Å². The lowest BCUT2D eigenvalue weighted by Crippen LogP contribution is -2.30. The lowest BCUT2D eigenvalue weighted by molar-refractivity contribution is 0.0944. The van der Waals surface area contributed by atoms with Gasteiger partial charge in [0.1, 0.15) is 5.82 Å². The van der Waals surface area contributed by atoms with Crippen LogP contribution in [0.15, 0.2) is 24.3 Å². The van der Waals surface area contributed by atoms with Gasteiger partial charge in [0.2, 0.25) is 0 Å². The number of carbonyl (C=O) groups excluding carboxylic acids is 1. The molecule has 5 heteroatoms. The molecular formula is C18H23FN2O2. The number of pyridine rings is 1. The fraction of sp³-hybridized carbons (Fsp3) is 0.444. The minimum Gasteiger partial charge on any atom is -0.396 e. The van der Waals surface area contributed by atoms with Crippen LogP contribution in [0.5, 0.6) is 0 Å². The van der Waals surface area contributed by atoms with Gasteiger partial charge in [0.05, 0.1) is 11.1 Å². The fourth-order valence-corrected chi connectivity index (χ4v) is 2.79. The summed E-state index contributed by atoms with van der Waals surface area (Å²) in [6, 6.07) is 5.98. The molecule has 1 aromatic carbocycles. The van der Waals surface area contributed by atoms with Crippen LogP contribution in [-0.4, -0.2) is 29.1 Å². The molecule has 124 valence electrons. The number of nitrogens with one attached hydrogen (secondary N) is 1. The monoisotopic (exact) mass is 318 g/mol. The molecule has 0 bridgehead atoms. The molecule has 0 radical (unpaired) electrons. The quantitative estimate of drug-likeness (QED) is 0.824. The predicted molar refractivity (Wildman–Crippen MR) is 88.9 cm³/mol. The molecule has 0 aliphatic heterocycles. The van der Waals surface area contributed by atoms with Gasteiger partial charge in [-0.3, -0.25) is 9.78 Å². The van der Waals surface area contributed by atoms with Crippen LogP contribution in [0.3, 0.4) is 0 Å². The van der Waals surface area contributed by atoms with E-state index in [1.807, 2.05) is 0 Å². The number of carbonyl (C=O) groups is 1. The first-order chi connectivity index (χ1) is 11.0. The molecule has 1 unspecified atom stereocenters. The topological polar surface area (TPSA) is 62.2 Å². The molecule has 0 aliphatic rings. The van der Waals surface area contributed by atoms with Gasteiger partial charge >= 0.3 is 0 Å². The number of benzene rings is 1. The van der Waals surface area contributed by atoms with E-state index in [4.69, 9.17) is 5.11 Å². The molecule has 0 fully saturated rings. The maximum absolute atomic E-state index is 13.4. The zero-order chi connectivity index (χ0) is 16.8. The summed E-state index contributed by atoms with van der Waals surface area (Å²) >= 11 is 0. The van der Waals surface area contributed by atoms with Crippen LogP contribution in [0.1, 0.15) is 42.2 Å². The Kier molecular flexibility index (Phi) is 6.04. The van der Waals surface area contributed by atoms with Gasteiger partial charge in [-0.25, -0.2) is 4.39 Å². The molecule has 0 saturated heterocycles. The third kappa shape index (κ3) is 4.48. The molecule has 1 aromatic heterocycles. The summed E-state index contributed by atoms with van der Waals surface area (Å²) < 4.78 is 13.4. The highest BCUT2D eigenvalue weighted by atomic mass is 19.1. The zero-order valence-corrected chi connectivity index (χ0v) is 13.6. The van der Waals surface area contributed by atoms with Crippen LogP contribution in [0.25, 0.3) is 10.9 Å². The van der Waals surface area contributed by atoms with Gasteiger partial charge in [0.25, 0.3) is 5.91 Å². The first-order valence-electron chi connectivity index (χ1n) is 8.01. The van der Waals surface area contributed by atoms with Crippen LogP contribution in [0, 0.1) is 18.7 Å². The Balaban J connectivity index is 2.20. The van der Waals surface area contributed by atoms with E-state index in [1.165, 1.54) is 12.1 Å². The van der Waals surface area contributed by atoms with E-state index in [0.29, 0.717) is 35.1 Å². The second-order valence-corrected chi connectivity index (χ2v) is 5.85. The number of aromatic nitrogens is 1. The first-order valence-corrected chi connectivity index (χ1v) is 8.01. The third-order valence-corrected chi connectivity index (χ3v) is 3.93. The fourth-order valence-electron chi connectivity index (χ4n) is 2.79. The van der Waals surface area contributed by atoms with Crippen molar-refractivity contribution in [3.63, 3.8) is 0 Å². The van der Waals surface area contributed by atoms with Crippen molar-refractivity contribution in [1.82, 2.24) is 10.3 Å². The minimum atomic E-state index is -0.368. The molecule has 2 rings (SSSR count). The zero-order valence-electron chi connectivity index (χ0n) is 13.6. The SMILES string of the molecule is CCCC(CCO)CNC(=O)c1cc(C)nc2cc(F)ccc12. The molecule has 0 aliphatic carbocycles. The molecule has 2 aromatic rings. The van der Waals surface area contributed by atoms with Gasteiger partial charge in [-0.05, 0) is 43.9 Å². The van der Waals surface area contributed by atoms with Gasteiger partial charge in [0.15, 0.2) is 0 Å². The van der Waals surface area contributed by atoms with Gasteiger partial charge in [-0.2, -0.15) is 0 Å². The van der Waals surface area contributed by atoms with Crippen LogP contribution < -0.4 is 5.32 Å². The Morgan fingerprint density at radius 3 is 2.83 bits per heavy atom. The number of aliphatic hydroxyl groups is 1. The molecule has 1 amide bonds. The maximum Gasteiger partial charge on any atom is 0.252 e. The van der Waals surface area contributed by atoms with Crippen molar-refractivity contribution < 1.29 is 14.3 Å². The number of rotatable bonds is 7. The second-order valence-electron chi connectivity index (χ2n) is 5.85. The normalized spacial score (nSPS) is 12.3. The van der Waals surface area contributed by atoms with Crippen LogP contribution in [-0.2, 0) is 0 Å². The van der Waals surface area contributed by atoms with Gasteiger partial charge in [-0.1, -0.05) is 13.3 Å². The number of halogens is 1. The van der Waals surface area contributed by atoms with E-state index < -0.39 is 0 Å². The van der Waals surface area contributed by atoms with E-state index in [1.54, 1.807) is 19.1 Å². The lowest BCUT2D eigenvalue weighted by Gasteiger charge is -2.16. The minimum absolute atomic E-state index is 0.122. The number of aliphatic hydroxyl groups excluding tert-OH is 1. The van der Waals surface area contributed by atoms with Gasteiger partial charge in [-0.15, -0.1) is 0 Å². The largest absolute Gasteiger partial charge is 0.396 e. The number of fused-ring (bicyclic) bond motifs is 1. The number of amides is 1. The summed E-state index contributed by atoms with van der Waals surface area (Å²) in [5, 5.41) is 12.7. The molecule has 1 atom stereocenters.